The van der Waals surface area contributed by atoms with Crippen LogP contribution < -0.4 is 4.74 Å². The first-order valence-electron chi connectivity index (χ1n) is 4.42. The number of alkyl halides is 2. The summed E-state index contributed by atoms with van der Waals surface area (Å²) in [7, 11) is 0. The molecule has 0 spiro atoms. The molecule has 0 aliphatic carbocycles. The zero-order valence-electron chi connectivity index (χ0n) is 8.27. The lowest BCUT2D eigenvalue weighted by Crippen LogP contribution is -2.05. The van der Waals surface area contributed by atoms with Crippen LogP contribution in [0.4, 0.5) is 8.78 Å². The van der Waals surface area contributed by atoms with Crippen LogP contribution in [0.15, 0.2) is 12.1 Å². The summed E-state index contributed by atoms with van der Waals surface area (Å²) in [6.45, 7) is -1.38. The van der Waals surface area contributed by atoms with Gasteiger partial charge in [0.25, 0.3) is 0 Å². The fourth-order valence-corrected chi connectivity index (χ4v) is 1.61. The number of ether oxygens (including phenoxy) is 1. The molecule has 0 saturated heterocycles. The van der Waals surface area contributed by atoms with Gasteiger partial charge in [0.05, 0.1) is 5.02 Å². The van der Waals surface area contributed by atoms with Crippen LogP contribution in [0.25, 0.3) is 0 Å². The largest absolute Gasteiger partial charge is 0.433 e. The van der Waals surface area contributed by atoms with Crippen LogP contribution in [0, 0.1) is 0 Å². The van der Waals surface area contributed by atoms with E-state index in [4.69, 9.17) is 23.2 Å². The van der Waals surface area contributed by atoms with Crippen molar-refractivity contribution in [1.29, 1.82) is 0 Å². The SMILES string of the molecule is CCC(=O)c1cc(Cl)cc(OC(F)F)c1Cl. The second kappa shape index (κ2) is 5.46. The maximum atomic E-state index is 12.0. The van der Waals surface area contributed by atoms with Crippen molar-refractivity contribution in [3.63, 3.8) is 0 Å². The highest BCUT2D eigenvalue weighted by Crippen LogP contribution is 2.33. The van der Waals surface area contributed by atoms with Crippen LogP contribution in [0.3, 0.4) is 0 Å². The Morgan fingerprint density at radius 1 is 1.44 bits per heavy atom. The van der Waals surface area contributed by atoms with Gasteiger partial charge in [-0.15, -0.1) is 0 Å². The third-order valence-electron chi connectivity index (χ3n) is 1.84. The van der Waals surface area contributed by atoms with Crippen molar-refractivity contribution in [2.75, 3.05) is 0 Å². The molecule has 0 fully saturated rings. The molecule has 1 rings (SSSR count). The molecule has 0 N–H and O–H groups in total. The molecule has 0 aliphatic rings. The molecule has 0 unspecified atom stereocenters. The van der Waals surface area contributed by atoms with E-state index >= 15 is 0 Å². The Morgan fingerprint density at radius 3 is 2.56 bits per heavy atom. The van der Waals surface area contributed by atoms with Gasteiger partial charge in [0.15, 0.2) is 5.78 Å². The van der Waals surface area contributed by atoms with Gasteiger partial charge in [-0.2, -0.15) is 8.78 Å². The van der Waals surface area contributed by atoms with E-state index < -0.39 is 6.61 Å². The first-order chi connectivity index (χ1) is 7.45. The molecule has 1 aromatic rings. The van der Waals surface area contributed by atoms with Gasteiger partial charge < -0.3 is 4.74 Å². The second-order valence-electron chi connectivity index (χ2n) is 2.92. The van der Waals surface area contributed by atoms with Gasteiger partial charge in [-0.25, -0.2) is 0 Å². The lowest BCUT2D eigenvalue weighted by Gasteiger charge is -2.10. The summed E-state index contributed by atoms with van der Waals surface area (Å²) in [5.74, 6) is -0.576. The number of halogens is 4. The highest BCUT2D eigenvalue weighted by Gasteiger charge is 2.17. The normalized spacial score (nSPS) is 10.6. The van der Waals surface area contributed by atoms with Crippen LogP contribution in [0.2, 0.25) is 10.0 Å². The second-order valence-corrected chi connectivity index (χ2v) is 3.74. The first-order valence-corrected chi connectivity index (χ1v) is 5.18. The van der Waals surface area contributed by atoms with E-state index in [2.05, 4.69) is 4.74 Å². The molecule has 2 nitrogen and oxygen atoms in total. The maximum absolute atomic E-state index is 12.0. The van der Waals surface area contributed by atoms with E-state index in [0.717, 1.165) is 6.07 Å². The molecular formula is C10H8Cl2F2O2. The van der Waals surface area contributed by atoms with Crippen molar-refractivity contribution in [3.8, 4) is 5.75 Å². The lowest BCUT2D eigenvalue weighted by molar-refractivity contribution is -0.0498. The van der Waals surface area contributed by atoms with Crippen LogP contribution in [0.1, 0.15) is 23.7 Å². The van der Waals surface area contributed by atoms with E-state index in [0.29, 0.717) is 0 Å². The third kappa shape index (κ3) is 3.06. The average Bonchev–Trinajstić information content (AvgIpc) is 2.21. The van der Waals surface area contributed by atoms with Gasteiger partial charge in [0.2, 0.25) is 0 Å². The minimum atomic E-state index is -3.01. The van der Waals surface area contributed by atoms with Crippen LogP contribution in [-0.2, 0) is 0 Å². The van der Waals surface area contributed by atoms with E-state index in [1.54, 1.807) is 6.92 Å². The van der Waals surface area contributed by atoms with Crippen molar-refractivity contribution in [1.82, 2.24) is 0 Å². The molecule has 0 radical (unpaired) electrons. The number of hydrogen-bond acceptors (Lipinski definition) is 2. The Hall–Kier alpha value is -0.870. The topological polar surface area (TPSA) is 26.3 Å². The predicted molar refractivity (Wildman–Crippen MR) is 57.7 cm³/mol. The summed E-state index contributed by atoms with van der Waals surface area (Å²) < 4.78 is 28.2. The molecule has 6 heteroatoms. The zero-order chi connectivity index (χ0) is 12.3. The zero-order valence-corrected chi connectivity index (χ0v) is 9.78. The molecule has 1 aromatic carbocycles. The first kappa shape index (κ1) is 13.2. The molecule has 0 aliphatic heterocycles. The maximum Gasteiger partial charge on any atom is 0.387 e. The van der Waals surface area contributed by atoms with E-state index in [1.807, 2.05) is 0 Å². The Bertz CT molecular complexity index is 408. The fourth-order valence-electron chi connectivity index (χ4n) is 1.14. The molecule has 16 heavy (non-hydrogen) atoms. The van der Waals surface area contributed by atoms with Crippen molar-refractivity contribution in [3.05, 3.63) is 27.7 Å². The number of ketones is 1. The molecule has 0 amide bonds. The standard InChI is InChI=1S/C10H8Cl2F2O2/c1-2-7(15)6-3-5(11)4-8(9(6)12)16-10(13)14/h3-4,10H,2H2,1H3. The molecular weight excluding hydrogens is 261 g/mol. The third-order valence-corrected chi connectivity index (χ3v) is 2.45. The Labute approximate surface area is 101 Å². The lowest BCUT2D eigenvalue weighted by atomic mass is 10.1. The minimum absolute atomic E-state index is 0.0901. The average molecular weight is 269 g/mol. The van der Waals surface area contributed by atoms with Crippen molar-refractivity contribution in [2.24, 2.45) is 0 Å². The van der Waals surface area contributed by atoms with E-state index in [1.165, 1.54) is 6.07 Å². The number of carbonyl (C=O) groups excluding carboxylic acids is 1. The van der Waals surface area contributed by atoms with Crippen molar-refractivity contribution in [2.45, 2.75) is 20.0 Å². The monoisotopic (exact) mass is 268 g/mol. The summed E-state index contributed by atoms with van der Waals surface area (Å²) in [4.78, 5) is 11.4. The highest BCUT2D eigenvalue weighted by molar-refractivity contribution is 6.37. The van der Waals surface area contributed by atoms with E-state index in [9.17, 15) is 13.6 Å². The van der Waals surface area contributed by atoms with Crippen LogP contribution >= 0.6 is 23.2 Å². The van der Waals surface area contributed by atoms with Gasteiger partial charge in [0.1, 0.15) is 5.75 Å². The number of hydrogen-bond donors (Lipinski definition) is 0. The molecule has 0 aromatic heterocycles. The molecule has 0 heterocycles. The summed E-state index contributed by atoms with van der Waals surface area (Å²) in [6, 6.07) is 2.47. The Balaban J connectivity index is 3.20. The number of Topliss-reactive ketones (excluding diaryl/α,β-unsaturated/α-hetero) is 1. The fraction of sp³-hybridized carbons (Fsp3) is 0.300. The summed E-state index contributed by atoms with van der Waals surface area (Å²) in [6.07, 6.45) is 0.203. The molecule has 0 atom stereocenters. The quantitative estimate of drug-likeness (QED) is 0.766. The minimum Gasteiger partial charge on any atom is -0.433 e. The van der Waals surface area contributed by atoms with Gasteiger partial charge in [0, 0.05) is 23.1 Å². The number of benzene rings is 1. The summed E-state index contributed by atoms with van der Waals surface area (Å²) >= 11 is 11.4. The summed E-state index contributed by atoms with van der Waals surface area (Å²) in [5.41, 5.74) is 0.0901. The van der Waals surface area contributed by atoms with Gasteiger partial charge in [-0.3, -0.25) is 4.79 Å². The number of rotatable bonds is 4. The number of carbonyl (C=O) groups is 1. The van der Waals surface area contributed by atoms with Crippen molar-refractivity contribution < 1.29 is 18.3 Å². The highest BCUT2D eigenvalue weighted by atomic mass is 35.5. The molecule has 0 bridgehead atoms. The van der Waals surface area contributed by atoms with Crippen molar-refractivity contribution >= 4 is 29.0 Å². The summed E-state index contributed by atoms with van der Waals surface area (Å²) in [5, 5.41) is -0.0200. The van der Waals surface area contributed by atoms with E-state index in [-0.39, 0.29) is 33.6 Å². The molecule has 0 saturated carbocycles. The predicted octanol–water partition coefficient (Wildman–Crippen LogP) is 4.19. The van der Waals surface area contributed by atoms with Gasteiger partial charge >= 0.3 is 6.61 Å². The molecule has 88 valence electrons. The van der Waals surface area contributed by atoms with Gasteiger partial charge in [-0.1, -0.05) is 30.1 Å². The van der Waals surface area contributed by atoms with Gasteiger partial charge in [-0.05, 0) is 6.07 Å². The van der Waals surface area contributed by atoms with Crippen LogP contribution in [-0.4, -0.2) is 12.4 Å². The Kier molecular flexibility index (Phi) is 4.50. The van der Waals surface area contributed by atoms with Crippen LogP contribution in [0.5, 0.6) is 5.75 Å². The Morgan fingerprint density at radius 2 is 2.06 bits per heavy atom. The smallest absolute Gasteiger partial charge is 0.387 e.